The van der Waals surface area contributed by atoms with Crippen LogP contribution in [0, 0.1) is 6.92 Å². The molecule has 2 unspecified atom stereocenters. The SMILES string of the molecule is Cc1nc(N2CCC3CCC(C2)N3C)sc1C=O. The molecule has 2 bridgehead atoms. The summed E-state index contributed by atoms with van der Waals surface area (Å²) in [5.74, 6) is 0. The minimum Gasteiger partial charge on any atom is -0.346 e. The predicted molar refractivity (Wildman–Crippen MR) is 73.6 cm³/mol. The number of carbonyl (C=O) groups is 1. The maximum absolute atomic E-state index is 10.9. The zero-order chi connectivity index (χ0) is 12.7. The Morgan fingerprint density at radius 3 is 2.83 bits per heavy atom. The lowest BCUT2D eigenvalue weighted by molar-refractivity contribution is 0.112. The maximum atomic E-state index is 10.9. The van der Waals surface area contributed by atoms with E-state index >= 15 is 0 Å². The van der Waals surface area contributed by atoms with E-state index in [9.17, 15) is 4.79 Å². The Morgan fingerprint density at radius 2 is 2.11 bits per heavy atom. The average molecular weight is 265 g/mol. The molecule has 0 radical (unpaired) electrons. The van der Waals surface area contributed by atoms with E-state index in [0.29, 0.717) is 6.04 Å². The molecule has 5 heteroatoms. The van der Waals surface area contributed by atoms with E-state index in [4.69, 9.17) is 0 Å². The Hall–Kier alpha value is -0.940. The van der Waals surface area contributed by atoms with Gasteiger partial charge in [0.1, 0.15) is 0 Å². The number of aryl methyl sites for hydroxylation is 1. The summed E-state index contributed by atoms with van der Waals surface area (Å²) in [5.41, 5.74) is 0.868. The van der Waals surface area contributed by atoms with Crippen LogP contribution in [0.5, 0.6) is 0 Å². The van der Waals surface area contributed by atoms with Crippen molar-refractivity contribution in [1.29, 1.82) is 0 Å². The number of anilines is 1. The normalized spacial score (nSPS) is 28.4. The van der Waals surface area contributed by atoms with Crippen molar-refractivity contribution in [2.75, 3.05) is 25.0 Å². The molecular weight excluding hydrogens is 246 g/mol. The van der Waals surface area contributed by atoms with E-state index < -0.39 is 0 Å². The van der Waals surface area contributed by atoms with Crippen molar-refractivity contribution >= 4 is 22.8 Å². The fraction of sp³-hybridized carbons (Fsp3) is 0.692. The lowest BCUT2D eigenvalue weighted by atomic mass is 10.1. The molecule has 2 aliphatic rings. The first-order valence-electron chi connectivity index (χ1n) is 6.58. The quantitative estimate of drug-likeness (QED) is 0.766. The summed E-state index contributed by atoms with van der Waals surface area (Å²) in [6.45, 7) is 4.04. The molecule has 3 heterocycles. The number of likely N-dealkylation sites (N-methyl/N-ethyl adjacent to an activating group) is 1. The summed E-state index contributed by atoms with van der Waals surface area (Å²) < 4.78 is 0. The summed E-state index contributed by atoms with van der Waals surface area (Å²) in [7, 11) is 2.25. The second-order valence-corrected chi connectivity index (χ2v) is 6.36. The third kappa shape index (κ3) is 1.95. The van der Waals surface area contributed by atoms with E-state index in [-0.39, 0.29) is 0 Å². The standard InChI is InChI=1S/C13H19N3OS/c1-9-12(8-17)18-13(14-9)16-6-5-10-3-4-11(7-16)15(10)2/h8,10-11H,3-7H2,1-2H3. The monoisotopic (exact) mass is 265 g/mol. The van der Waals surface area contributed by atoms with Gasteiger partial charge in [-0.1, -0.05) is 11.3 Å². The molecule has 0 amide bonds. The third-order valence-corrected chi connectivity index (χ3v) is 5.49. The molecule has 0 N–H and O–H groups in total. The van der Waals surface area contributed by atoms with Gasteiger partial charge in [-0.3, -0.25) is 9.69 Å². The van der Waals surface area contributed by atoms with Crippen LogP contribution in [0.1, 0.15) is 34.6 Å². The minimum absolute atomic E-state index is 0.654. The van der Waals surface area contributed by atoms with E-state index in [1.54, 1.807) is 0 Å². The Morgan fingerprint density at radius 1 is 1.33 bits per heavy atom. The number of aldehydes is 1. The van der Waals surface area contributed by atoms with E-state index in [0.717, 1.165) is 41.1 Å². The maximum Gasteiger partial charge on any atom is 0.186 e. The number of rotatable bonds is 2. The highest BCUT2D eigenvalue weighted by Crippen LogP contribution is 2.32. The van der Waals surface area contributed by atoms with Gasteiger partial charge in [-0.2, -0.15) is 0 Å². The number of nitrogens with zero attached hydrogens (tertiary/aromatic N) is 3. The van der Waals surface area contributed by atoms with Crippen LogP contribution >= 0.6 is 11.3 Å². The molecule has 2 atom stereocenters. The minimum atomic E-state index is 0.654. The summed E-state index contributed by atoms with van der Waals surface area (Å²) in [4.78, 5) is 21.1. The van der Waals surface area contributed by atoms with Crippen LogP contribution in [0.25, 0.3) is 0 Å². The molecule has 3 rings (SSSR count). The van der Waals surface area contributed by atoms with Gasteiger partial charge in [0.15, 0.2) is 11.4 Å². The van der Waals surface area contributed by atoms with E-state index in [1.807, 2.05) is 6.92 Å². The highest BCUT2D eigenvalue weighted by Gasteiger charge is 2.35. The molecule has 0 saturated carbocycles. The van der Waals surface area contributed by atoms with Crippen LogP contribution in [-0.4, -0.2) is 48.4 Å². The molecule has 1 aromatic rings. The van der Waals surface area contributed by atoms with Gasteiger partial charge in [-0.15, -0.1) is 0 Å². The number of aromatic nitrogens is 1. The third-order valence-electron chi connectivity index (χ3n) is 4.35. The summed E-state index contributed by atoms with van der Waals surface area (Å²) in [5, 5.41) is 1.02. The molecule has 0 aromatic carbocycles. The van der Waals surface area contributed by atoms with Crippen molar-refractivity contribution in [2.24, 2.45) is 0 Å². The largest absolute Gasteiger partial charge is 0.346 e. The molecule has 0 spiro atoms. The van der Waals surface area contributed by atoms with E-state index in [1.165, 1.54) is 30.6 Å². The van der Waals surface area contributed by atoms with Gasteiger partial charge >= 0.3 is 0 Å². The second-order valence-electron chi connectivity index (χ2n) is 5.35. The van der Waals surface area contributed by atoms with Crippen LogP contribution in [-0.2, 0) is 0 Å². The highest BCUT2D eigenvalue weighted by atomic mass is 32.1. The number of thiazole rings is 1. The topological polar surface area (TPSA) is 36.4 Å². The van der Waals surface area contributed by atoms with Gasteiger partial charge in [-0.05, 0) is 33.2 Å². The molecule has 4 nitrogen and oxygen atoms in total. The molecule has 1 aromatic heterocycles. The van der Waals surface area contributed by atoms with Crippen LogP contribution in [0.4, 0.5) is 5.13 Å². The molecule has 2 saturated heterocycles. The summed E-state index contributed by atoms with van der Waals surface area (Å²) in [6.07, 6.45) is 4.77. The van der Waals surface area contributed by atoms with Crippen molar-refractivity contribution in [1.82, 2.24) is 9.88 Å². The van der Waals surface area contributed by atoms with Gasteiger partial charge in [0.25, 0.3) is 0 Å². The number of fused-ring (bicyclic) bond motifs is 2. The summed E-state index contributed by atoms with van der Waals surface area (Å²) >= 11 is 1.53. The zero-order valence-corrected chi connectivity index (χ0v) is 11.7. The van der Waals surface area contributed by atoms with Crippen molar-refractivity contribution in [3.63, 3.8) is 0 Å². The average Bonchev–Trinajstić information content (AvgIpc) is 2.81. The van der Waals surface area contributed by atoms with Crippen LogP contribution in [0.15, 0.2) is 0 Å². The first-order valence-corrected chi connectivity index (χ1v) is 7.40. The van der Waals surface area contributed by atoms with Gasteiger partial charge in [0, 0.05) is 25.2 Å². The fourth-order valence-corrected chi connectivity index (χ4v) is 4.04. The Kier molecular flexibility index (Phi) is 3.11. The number of carbonyl (C=O) groups excluding carboxylic acids is 1. The van der Waals surface area contributed by atoms with Gasteiger partial charge in [0.05, 0.1) is 10.6 Å². The van der Waals surface area contributed by atoms with Crippen LogP contribution in [0.3, 0.4) is 0 Å². The first-order chi connectivity index (χ1) is 8.69. The Balaban J connectivity index is 1.82. The lowest BCUT2D eigenvalue weighted by Gasteiger charge is -2.25. The Labute approximate surface area is 112 Å². The molecule has 98 valence electrons. The van der Waals surface area contributed by atoms with Crippen molar-refractivity contribution in [3.8, 4) is 0 Å². The van der Waals surface area contributed by atoms with Gasteiger partial charge in [0.2, 0.25) is 0 Å². The number of hydrogen-bond acceptors (Lipinski definition) is 5. The van der Waals surface area contributed by atoms with Gasteiger partial charge in [-0.25, -0.2) is 4.98 Å². The van der Waals surface area contributed by atoms with Gasteiger partial charge < -0.3 is 4.90 Å². The first kappa shape index (κ1) is 12.1. The molecular formula is C13H19N3OS. The summed E-state index contributed by atoms with van der Waals surface area (Å²) in [6, 6.07) is 1.40. The van der Waals surface area contributed by atoms with Crippen molar-refractivity contribution < 1.29 is 4.79 Å². The van der Waals surface area contributed by atoms with Crippen molar-refractivity contribution in [2.45, 2.75) is 38.3 Å². The molecule has 18 heavy (non-hydrogen) atoms. The fourth-order valence-electron chi connectivity index (χ4n) is 3.12. The van der Waals surface area contributed by atoms with Crippen LogP contribution in [0.2, 0.25) is 0 Å². The Bertz CT molecular complexity index is 459. The van der Waals surface area contributed by atoms with Crippen molar-refractivity contribution in [3.05, 3.63) is 10.6 Å². The lowest BCUT2D eigenvalue weighted by Crippen LogP contribution is -2.36. The smallest absolute Gasteiger partial charge is 0.186 e. The zero-order valence-electron chi connectivity index (χ0n) is 10.9. The molecule has 2 aliphatic heterocycles. The molecule has 2 fully saturated rings. The van der Waals surface area contributed by atoms with E-state index in [2.05, 4.69) is 21.8 Å². The van der Waals surface area contributed by atoms with Crippen LogP contribution < -0.4 is 4.90 Å². The number of hydrogen-bond donors (Lipinski definition) is 0. The highest BCUT2D eigenvalue weighted by molar-refractivity contribution is 7.17. The second kappa shape index (κ2) is 4.63. The molecule has 0 aliphatic carbocycles. The predicted octanol–water partition coefficient (Wildman–Crippen LogP) is 1.94.